The number of rotatable bonds is 7. The summed E-state index contributed by atoms with van der Waals surface area (Å²) in [4.78, 5) is 33.8. The summed E-state index contributed by atoms with van der Waals surface area (Å²) in [5, 5.41) is 17.5. The highest BCUT2D eigenvalue weighted by Crippen LogP contribution is 2.50. The van der Waals surface area contributed by atoms with Crippen LogP contribution < -0.4 is 16.2 Å². The molecule has 0 aromatic carbocycles. The van der Waals surface area contributed by atoms with Crippen LogP contribution in [0.25, 0.3) is 21.3 Å². The average Bonchev–Trinajstić information content (AvgIpc) is 3.41. The second-order valence-electron chi connectivity index (χ2n) is 10.6. The third kappa shape index (κ3) is 4.52. The Morgan fingerprint density at radius 1 is 1.24 bits per heavy atom. The van der Waals surface area contributed by atoms with Gasteiger partial charge in [0.05, 0.1) is 32.4 Å². The molecule has 0 bridgehead atoms. The topological polar surface area (TPSA) is 112 Å². The van der Waals surface area contributed by atoms with Crippen molar-refractivity contribution in [2.45, 2.75) is 59.5 Å². The molecule has 10 heteroatoms. The first kappa shape index (κ1) is 27.5. The Bertz CT molecular complexity index is 1590. The lowest BCUT2D eigenvalue weighted by molar-refractivity contribution is 0.00987. The summed E-state index contributed by atoms with van der Waals surface area (Å²) in [5.41, 5.74) is 1.10. The second kappa shape index (κ2) is 9.67. The molecule has 0 aliphatic heterocycles. The smallest absolute Gasteiger partial charge is 0.274 e. The summed E-state index contributed by atoms with van der Waals surface area (Å²) in [6, 6.07) is 3.47. The number of nitrogens with one attached hydrogen (secondary N) is 3. The maximum absolute atomic E-state index is 16.4. The van der Waals surface area contributed by atoms with E-state index in [-0.39, 0.29) is 28.4 Å². The van der Waals surface area contributed by atoms with Gasteiger partial charge < -0.3 is 25.3 Å². The first-order valence-corrected chi connectivity index (χ1v) is 13.3. The molecule has 1 amide bonds. The zero-order chi connectivity index (χ0) is 28.2. The van der Waals surface area contributed by atoms with Crippen molar-refractivity contribution < 1.29 is 14.3 Å². The Hall–Kier alpha value is -3.50. The summed E-state index contributed by atoms with van der Waals surface area (Å²) in [5.74, 6) is -0.820. The van der Waals surface area contributed by atoms with Crippen molar-refractivity contribution in [3.63, 3.8) is 0 Å². The van der Waals surface area contributed by atoms with Crippen LogP contribution in [-0.2, 0) is 12.5 Å². The normalized spacial score (nSPS) is 12.3. The molecule has 0 unspecified atom stereocenters. The van der Waals surface area contributed by atoms with Gasteiger partial charge in [-0.05, 0) is 52.3 Å². The Kier molecular flexibility index (Phi) is 7.00. The fourth-order valence-electron chi connectivity index (χ4n) is 4.29. The summed E-state index contributed by atoms with van der Waals surface area (Å²) in [6.07, 6.45) is 3.35. The van der Waals surface area contributed by atoms with Crippen LogP contribution in [0, 0.1) is 19.7 Å². The molecule has 0 fully saturated rings. The molecule has 0 spiro atoms. The predicted molar refractivity (Wildman–Crippen MR) is 151 cm³/mol. The summed E-state index contributed by atoms with van der Waals surface area (Å²) < 4.78 is 17.9. The highest BCUT2D eigenvalue weighted by atomic mass is 32.1. The van der Waals surface area contributed by atoms with Gasteiger partial charge in [-0.15, -0.1) is 11.3 Å². The Labute approximate surface area is 224 Å². The van der Waals surface area contributed by atoms with Crippen LogP contribution in [0.4, 0.5) is 15.8 Å². The molecular weight excluding hydrogens is 505 g/mol. The molecule has 4 aromatic heterocycles. The zero-order valence-electron chi connectivity index (χ0n) is 23.0. The van der Waals surface area contributed by atoms with E-state index in [0.717, 1.165) is 5.56 Å². The molecule has 0 saturated heterocycles. The van der Waals surface area contributed by atoms with Crippen LogP contribution in [-0.4, -0.2) is 37.7 Å². The molecule has 38 heavy (non-hydrogen) atoms. The number of thiophene rings is 1. The van der Waals surface area contributed by atoms with Crippen LogP contribution in [0.3, 0.4) is 0 Å². The lowest BCUT2D eigenvalue weighted by Gasteiger charge is -2.36. The minimum Gasteiger partial charge on any atom is -0.390 e. The van der Waals surface area contributed by atoms with Crippen molar-refractivity contribution in [2.24, 2.45) is 7.05 Å². The molecule has 4 heterocycles. The van der Waals surface area contributed by atoms with Crippen LogP contribution in [0.1, 0.15) is 61.2 Å². The van der Waals surface area contributed by atoms with E-state index in [0.29, 0.717) is 38.6 Å². The number of fused-ring (bicyclic) bond motifs is 1. The SMILES string of the molecule is CCNC(=O)c1cc2c(-c3sc(C(C)(C)C(C)(C)O)c(F)c3Nc3c(C)ccnc3C)cn(C)c(=O)c2[nH]1. The molecule has 0 saturated carbocycles. The van der Waals surface area contributed by atoms with Crippen molar-refractivity contribution in [1.29, 1.82) is 0 Å². The molecule has 4 N–H and O–H groups in total. The molecule has 8 nitrogen and oxygen atoms in total. The highest BCUT2D eigenvalue weighted by Gasteiger charge is 2.42. The van der Waals surface area contributed by atoms with E-state index in [1.54, 1.807) is 53.2 Å². The van der Waals surface area contributed by atoms with E-state index in [1.807, 2.05) is 26.8 Å². The molecular formula is C28H34FN5O3S. The number of amides is 1. The summed E-state index contributed by atoms with van der Waals surface area (Å²) in [7, 11) is 1.62. The van der Waals surface area contributed by atoms with Gasteiger partial charge in [0, 0.05) is 42.4 Å². The van der Waals surface area contributed by atoms with Gasteiger partial charge in [0.25, 0.3) is 11.5 Å². The number of carbonyl (C=O) groups is 1. The van der Waals surface area contributed by atoms with Crippen LogP contribution in [0.15, 0.2) is 29.3 Å². The maximum atomic E-state index is 16.4. The van der Waals surface area contributed by atoms with Gasteiger partial charge in [0.1, 0.15) is 11.2 Å². The third-order valence-corrected chi connectivity index (χ3v) is 8.86. The van der Waals surface area contributed by atoms with Gasteiger partial charge in [-0.25, -0.2) is 4.39 Å². The molecule has 0 atom stereocenters. The van der Waals surface area contributed by atoms with E-state index in [9.17, 15) is 14.7 Å². The lowest BCUT2D eigenvalue weighted by atomic mass is 9.76. The lowest BCUT2D eigenvalue weighted by Crippen LogP contribution is -2.42. The van der Waals surface area contributed by atoms with Gasteiger partial charge in [-0.3, -0.25) is 14.6 Å². The molecule has 4 aromatic rings. The molecule has 4 rings (SSSR count). The number of H-pyrrole nitrogens is 1. The first-order chi connectivity index (χ1) is 17.7. The number of nitrogens with zero attached hydrogens (tertiary/aromatic N) is 2. The Morgan fingerprint density at radius 3 is 2.53 bits per heavy atom. The molecule has 0 aliphatic rings. The number of anilines is 2. The molecule has 0 aliphatic carbocycles. The average molecular weight is 540 g/mol. The van der Waals surface area contributed by atoms with E-state index in [2.05, 4.69) is 20.6 Å². The summed E-state index contributed by atoms with van der Waals surface area (Å²) >= 11 is 1.21. The minimum atomic E-state index is -1.23. The third-order valence-electron chi connectivity index (χ3n) is 7.34. The summed E-state index contributed by atoms with van der Waals surface area (Å²) in [6.45, 7) is 12.9. The number of hydrogen-bond acceptors (Lipinski definition) is 6. The number of halogens is 1. The fourth-order valence-corrected chi connectivity index (χ4v) is 5.71. The van der Waals surface area contributed by atoms with Gasteiger partial charge >= 0.3 is 0 Å². The number of aliphatic hydroxyl groups is 1. The van der Waals surface area contributed by atoms with Gasteiger partial charge in [0.2, 0.25) is 0 Å². The first-order valence-electron chi connectivity index (χ1n) is 12.4. The molecule has 0 radical (unpaired) electrons. The number of pyridine rings is 2. The predicted octanol–water partition coefficient (Wildman–Crippen LogP) is 5.29. The second-order valence-corrected chi connectivity index (χ2v) is 11.7. The number of aromatic amines is 1. The molecule has 202 valence electrons. The van der Waals surface area contributed by atoms with Gasteiger partial charge in [0.15, 0.2) is 5.82 Å². The maximum Gasteiger partial charge on any atom is 0.274 e. The van der Waals surface area contributed by atoms with Crippen molar-refractivity contribution in [2.75, 3.05) is 11.9 Å². The largest absolute Gasteiger partial charge is 0.390 e. The van der Waals surface area contributed by atoms with E-state index < -0.39 is 16.8 Å². The minimum absolute atomic E-state index is 0.224. The van der Waals surface area contributed by atoms with Crippen LogP contribution >= 0.6 is 11.3 Å². The fraction of sp³-hybridized carbons (Fsp3) is 0.393. The van der Waals surface area contributed by atoms with Gasteiger partial charge in [-0.2, -0.15) is 0 Å². The van der Waals surface area contributed by atoms with Gasteiger partial charge in [-0.1, -0.05) is 13.8 Å². The zero-order valence-corrected chi connectivity index (χ0v) is 23.8. The number of aromatic nitrogens is 3. The highest BCUT2D eigenvalue weighted by molar-refractivity contribution is 7.16. The standard InChI is InChI=1S/C28H34FN5O3S/c1-9-30-25(35)18-12-16-17(13-34(8)26(36)21(16)32-18)23-22(33-20-14(2)10-11-31-15(20)3)19(29)24(38-23)27(4,5)28(6,7)37/h10-13,32-33,37H,9H2,1-8H3,(H,30,35). The van der Waals surface area contributed by atoms with Crippen LogP contribution in [0.2, 0.25) is 0 Å². The van der Waals surface area contributed by atoms with E-state index >= 15 is 4.39 Å². The van der Waals surface area contributed by atoms with Crippen molar-refractivity contribution >= 4 is 39.5 Å². The Balaban J connectivity index is 2.06. The number of carbonyl (C=O) groups excluding carboxylic acids is 1. The van der Waals surface area contributed by atoms with Crippen molar-refractivity contribution in [3.05, 3.63) is 62.5 Å². The Morgan fingerprint density at radius 2 is 1.92 bits per heavy atom. The van der Waals surface area contributed by atoms with Crippen molar-refractivity contribution in [3.8, 4) is 10.4 Å². The van der Waals surface area contributed by atoms with Crippen molar-refractivity contribution in [1.82, 2.24) is 19.9 Å². The van der Waals surface area contributed by atoms with E-state index in [1.165, 1.54) is 15.9 Å². The number of hydrogen-bond donors (Lipinski definition) is 4. The van der Waals surface area contributed by atoms with Crippen LogP contribution in [0.5, 0.6) is 0 Å². The monoisotopic (exact) mass is 539 g/mol. The van der Waals surface area contributed by atoms with E-state index in [4.69, 9.17) is 0 Å². The quantitative estimate of drug-likeness (QED) is 0.255. The number of aryl methyl sites for hydroxylation is 3.